The Kier molecular flexibility index (Phi) is 3.58. The van der Waals surface area contributed by atoms with Crippen molar-refractivity contribution in [1.82, 2.24) is 4.57 Å². The molecule has 6 aromatic rings. The Labute approximate surface area is 215 Å². The molecule has 0 saturated carbocycles. The summed E-state index contributed by atoms with van der Waals surface area (Å²) < 4.78 is 2.53. The predicted octanol–water partition coefficient (Wildman–Crippen LogP) is 8.94. The number of aromatic nitrogens is 1. The minimum absolute atomic E-state index is 0.309. The number of hydrogen-bond donors (Lipinski definition) is 0. The SMILES string of the molecule is C1=CCC(n2c3ccccc3c3ccc4c(c32)-c2ccccc2C42c3ccccc3-c3ccccc32)=C1. The van der Waals surface area contributed by atoms with E-state index in [4.69, 9.17) is 0 Å². The van der Waals surface area contributed by atoms with Gasteiger partial charge in [-0.2, -0.15) is 0 Å². The molecule has 1 heterocycles. The maximum Gasteiger partial charge on any atom is 0.0726 e. The third-order valence-corrected chi connectivity index (χ3v) is 8.83. The maximum absolute atomic E-state index is 2.53. The summed E-state index contributed by atoms with van der Waals surface area (Å²) in [7, 11) is 0. The fraction of sp³-hybridized carbons (Fsp3) is 0.0556. The first-order valence-corrected chi connectivity index (χ1v) is 13.1. The monoisotopic (exact) mass is 469 g/mol. The fourth-order valence-corrected chi connectivity index (χ4v) is 7.53. The summed E-state index contributed by atoms with van der Waals surface area (Å²) in [4.78, 5) is 0. The van der Waals surface area contributed by atoms with E-state index in [2.05, 4.69) is 132 Å². The number of benzene rings is 5. The van der Waals surface area contributed by atoms with Crippen LogP contribution < -0.4 is 0 Å². The van der Waals surface area contributed by atoms with Crippen molar-refractivity contribution in [3.05, 3.63) is 150 Å². The standard InChI is InChI=1S/C36H23N/c1-2-12-23(11-1)37-33-20-10-6-15-26(33)27-21-22-32-34(35(27)37)28-16-5-9-19-31(28)36(32)29-17-7-3-13-24(29)25-14-4-8-18-30(25)36/h1-11,13-22H,12H2. The van der Waals surface area contributed by atoms with Crippen LogP contribution in [0.3, 0.4) is 0 Å². The van der Waals surface area contributed by atoms with Crippen LogP contribution in [0.2, 0.25) is 0 Å². The molecule has 9 rings (SSSR count). The predicted molar refractivity (Wildman–Crippen MR) is 154 cm³/mol. The highest BCUT2D eigenvalue weighted by molar-refractivity contribution is 6.17. The highest BCUT2D eigenvalue weighted by Crippen LogP contribution is 2.64. The molecule has 0 fully saturated rings. The molecule has 1 nitrogen and oxygen atoms in total. The zero-order valence-corrected chi connectivity index (χ0v) is 20.3. The van der Waals surface area contributed by atoms with Crippen LogP contribution in [0.25, 0.3) is 49.8 Å². The van der Waals surface area contributed by atoms with Gasteiger partial charge in [-0.3, -0.25) is 0 Å². The van der Waals surface area contributed by atoms with Gasteiger partial charge in [-0.1, -0.05) is 115 Å². The summed E-state index contributed by atoms with van der Waals surface area (Å²) in [6.45, 7) is 0. The second-order valence-corrected chi connectivity index (χ2v) is 10.4. The number of allylic oxidation sites excluding steroid dienone is 4. The molecule has 0 aliphatic heterocycles. The van der Waals surface area contributed by atoms with Crippen molar-refractivity contribution in [3.8, 4) is 22.3 Å². The van der Waals surface area contributed by atoms with Crippen molar-refractivity contribution >= 4 is 27.5 Å². The lowest BCUT2D eigenvalue weighted by atomic mass is 9.70. The van der Waals surface area contributed by atoms with Crippen molar-refractivity contribution in [3.63, 3.8) is 0 Å². The van der Waals surface area contributed by atoms with E-state index in [-0.39, 0.29) is 5.41 Å². The Morgan fingerprint density at radius 3 is 1.86 bits per heavy atom. The quantitative estimate of drug-likeness (QED) is 0.226. The van der Waals surface area contributed by atoms with Gasteiger partial charge in [0.25, 0.3) is 0 Å². The molecule has 1 spiro atoms. The molecule has 5 aromatic carbocycles. The van der Waals surface area contributed by atoms with Crippen molar-refractivity contribution in [1.29, 1.82) is 0 Å². The molecule has 37 heavy (non-hydrogen) atoms. The normalized spacial score (nSPS) is 15.7. The summed E-state index contributed by atoms with van der Waals surface area (Å²) in [6.07, 6.45) is 7.69. The van der Waals surface area contributed by atoms with Gasteiger partial charge in [-0.05, 0) is 51.1 Å². The summed E-state index contributed by atoms with van der Waals surface area (Å²) in [6, 6.07) is 40.9. The summed E-state index contributed by atoms with van der Waals surface area (Å²) >= 11 is 0. The van der Waals surface area contributed by atoms with Gasteiger partial charge >= 0.3 is 0 Å². The van der Waals surface area contributed by atoms with E-state index in [0.717, 1.165) is 6.42 Å². The Hall–Kier alpha value is -4.62. The fourth-order valence-electron chi connectivity index (χ4n) is 7.53. The van der Waals surface area contributed by atoms with E-state index in [1.165, 1.54) is 72.0 Å². The zero-order valence-electron chi connectivity index (χ0n) is 20.3. The molecule has 0 N–H and O–H groups in total. The number of hydrogen-bond acceptors (Lipinski definition) is 0. The van der Waals surface area contributed by atoms with Gasteiger partial charge in [0.2, 0.25) is 0 Å². The van der Waals surface area contributed by atoms with E-state index in [9.17, 15) is 0 Å². The first-order chi connectivity index (χ1) is 18.4. The van der Waals surface area contributed by atoms with Gasteiger partial charge < -0.3 is 4.57 Å². The van der Waals surface area contributed by atoms with Gasteiger partial charge in [-0.15, -0.1) is 0 Å². The molecular formula is C36H23N. The van der Waals surface area contributed by atoms with E-state index in [1.54, 1.807) is 0 Å². The van der Waals surface area contributed by atoms with Crippen LogP contribution in [-0.4, -0.2) is 4.57 Å². The topological polar surface area (TPSA) is 4.93 Å². The molecule has 0 atom stereocenters. The Bertz CT molecular complexity index is 1970. The second kappa shape index (κ2) is 6.78. The van der Waals surface area contributed by atoms with Gasteiger partial charge in [0.05, 0.1) is 16.4 Å². The minimum atomic E-state index is -0.309. The molecule has 172 valence electrons. The van der Waals surface area contributed by atoms with Crippen LogP contribution in [0, 0.1) is 0 Å². The van der Waals surface area contributed by atoms with E-state index in [1.807, 2.05) is 0 Å². The Morgan fingerprint density at radius 1 is 0.541 bits per heavy atom. The zero-order chi connectivity index (χ0) is 24.1. The first-order valence-electron chi connectivity index (χ1n) is 13.1. The number of fused-ring (bicyclic) bond motifs is 14. The molecule has 0 unspecified atom stereocenters. The van der Waals surface area contributed by atoms with Crippen molar-refractivity contribution in [2.75, 3.05) is 0 Å². The maximum atomic E-state index is 2.53. The average molecular weight is 470 g/mol. The number of nitrogens with zero attached hydrogens (tertiary/aromatic N) is 1. The van der Waals surface area contributed by atoms with Crippen molar-refractivity contribution in [2.24, 2.45) is 0 Å². The summed E-state index contributed by atoms with van der Waals surface area (Å²) in [5.74, 6) is 0. The van der Waals surface area contributed by atoms with Crippen LogP contribution in [0.1, 0.15) is 28.7 Å². The van der Waals surface area contributed by atoms with E-state index in [0.29, 0.717) is 0 Å². The lowest BCUT2D eigenvalue weighted by molar-refractivity contribution is 0.794. The number of para-hydroxylation sites is 1. The first kappa shape index (κ1) is 19.6. The highest BCUT2D eigenvalue weighted by Gasteiger charge is 2.52. The third kappa shape index (κ3) is 2.18. The minimum Gasteiger partial charge on any atom is -0.312 e. The molecule has 0 bridgehead atoms. The van der Waals surface area contributed by atoms with Gasteiger partial charge in [0.1, 0.15) is 0 Å². The molecule has 1 aromatic heterocycles. The highest BCUT2D eigenvalue weighted by atomic mass is 15.0. The van der Waals surface area contributed by atoms with Crippen molar-refractivity contribution in [2.45, 2.75) is 11.8 Å². The van der Waals surface area contributed by atoms with Crippen LogP contribution in [-0.2, 0) is 5.41 Å². The molecule has 3 aliphatic carbocycles. The lowest BCUT2D eigenvalue weighted by Crippen LogP contribution is -2.25. The average Bonchev–Trinajstić information content (AvgIpc) is 3.72. The van der Waals surface area contributed by atoms with Crippen LogP contribution >= 0.6 is 0 Å². The summed E-state index contributed by atoms with van der Waals surface area (Å²) in [5, 5.41) is 2.65. The smallest absolute Gasteiger partial charge is 0.0726 e. The Morgan fingerprint density at radius 2 is 1.16 bits per heavy atom. The van der Waals surface area contributed by atoms with E-state index >= 15 is 0 Å². The molecule has 0 saturated heterocycles. The van der Waals surface area contributed by atoms with Gasteiger partial charge in [-0.25, -0.2) is 0 Å². The number of rotatable bonds is 1. The molecule has 3 aliphatic rings. The van der Waals surface area contributed by atoms with E-state index < -0.39 is 0 Å². The molecule has 1 heteroatoms. The molecule has 0 radical (unpaired) electrons. The largest absolute Gasteiger partial charge is 0.312 e. The second-order valence-electron chi connectivity index (χ2n) is 10.4. The van der Waals surface area contributed by atoms with Crippen LogP contribution in [0.15, 0.2) is 127 Å². The van der Waals surface area contributed by atoms with Gasteiger partial charge in [0.15, 0.2) is 0 Å². The Balaban J connectivity index is 1.53. The van der Waals surface area contributed by atoms with Gasteiger partial charge in [0, 0.05) is 28.5 Å². The van der Waals surface area contributed by atoms with Crippen molar-refractivity contribution < 1.29 is 0 Å². The molecule has 0 amide bonds. The lowest BCUT2D eigenvalue weighted by Gasteiger charge is -2.30. The summed E-state index contributed by atoms with van der Waals surface area (Å²) in [5.41, 5.74) is 14.7. The molecular weight excluding hydrogens is 446 g/mol. The third-order valence-electron chi connectivity index (χ3n) is 8.83. The van der Waals surface area contributed by atoms with Crippen LogP contribution in [0.5, 0.6) is 0 Å². The van der Waals surface area contributed by atoms with Crippen LogP contribution in [0.4, 0.5) is 0 Å².